The average molecular weight is 213 g/mol. The van der Waals surface area contributed by atoms with Gasteiger partial charge in [-0.3, -0.25) is 4.79 Å². The van der Waals surface area contributed by atoms with Crippen molar-refractivity contribution in [2.24, 2.45) is 5.92 Å². The minimum Gasteiger partial charge on any atom is -0.388 e. The zero-order chi connectivity index (χ0) is 11.3. The molecule has 1 aliphatic carbocycles. The van der Waals surface area contributed by atoms with Gasteiger partial charge in [-0.15, -0.1) is 0 Å². The van der Waals surface area contributed by atoms with Crippen LogP contribution in [-0.4, -0.2) is 23.2 Å². The molecule has 0 spiro atoms. The van der Waals surface area contributed by atoms with Gasteiger partial charge in [0.2, 0.25) is 5.91 Å². The van der Waals surface area contributed by atoms with Crippen LogP contribution in [0.3, 0.4) is 0 Å². The van der Waals surface area contributed by atoms with Crippen molar-refractivity contribution in [3.63, 3.8) is 0 Å². The standard InChI is InChI=1S/C12H23NO2/c1-10(2)5-6-11(14)13-9-12(15)7-3-4-8-12/h10,15H,3-9H2,1-2H3,(H,13,14). The molecule has 3 heteroatoms. The fourth-order valence-electron chi connectivity index (χ4n) is 1.98. The van der Waals surface area contributed by atoms with E-state index in [0.717, 1.165) is 32.1 Å². The Morgan fingerprint density at radius 2 is 2.00 bits per heavy atom. The maximum atomic E-state index is 11.4. The summed E-state index contributed by atoms with van der Waals surface area (Å²) in [4.78, 5) is 11.4. The first-order valence-electron chi connectivity index (χ1n) is 6.01. The summed E-state index contributed by atoms with van der Waals surface area (Å²) in [5.74, 6) is 0.634. The molecule has 0 aromatic rings. The maximum Gasteiger partial charge on any atom is 0.220 e. The van der Waals surface area contributed by atoms with Gasteiger partial charge in [0.05, 0.1) is 5.60 Å². The van der Waals surface area contributed by atoms with Gasteiger partial charge in [0.25, 0.3) is 0 Å². The Balaban J connectivity index is 2.16. The lowest BCUT2D eigenvalue weighted by Crippen LogP contribution is -2.40. The van der Waals surface area contributed by atoms with Crippen LogP contribution in [0.5, 0.6) is 0 Å². The van der Waals surface area contributed by atoms with Gasteiger partial charge in [-0.1, -0.05) is 26.7 Å². The molecule has 1 amide bonds. The summed E-state index contributed by atoms with van der Waals surface area (Å²) in [6, 6.07) is 0. The summed E-state index contributed by atoms with van der Waals surface area (Å²) in [5.41, 5.74) is -0.618. The number of rotatable bonds is 5. The second-order valence-electron chi connectivity index (χ2n) is 5.14. The minimum atomic E-state index is -0.618. The van der Waals surface area contributed by atoms with E-state index in [1.807, 2.05) is 0 Å². The van der Waals surface area contributed by atoms with E-state index in [1.165, 1.54) is 0 Å². The number of carbonyl (C=O) groups is 1. The van der Waals surface area contributed by atoms with Gasteiger partial charge in [0, 0.05) is 13.0 Å². The van der Waals surface area contributed by atoms with Crippen molar-refractivity contribution in [2.75, 3.05) is 6.54 Å². The third-order valence-corrected chi connectivity index (χ3v) is 3.10. The molecule has 0 aliphatic heterocycles. The molecule has 1 aliphatic rings. The van der Waals surface area contributed by atoms with E-state index in [0.29, 0.717) is 18.9 Å². The minimum absolute atomic E-state index is 0.0732. The number of hydrogen-bond donors (Lipinski definition) is 2. The smallest absolute Gasteiger partial charge is 0.220 e. The van der Waals surface area contributed by atoms with Gasteiger partial charge in [-0.25, -0.2) is 0 Å². The van der Waals surface area contributed by atoms with Crippen LogP contribution in [0.25, 0.3) is 0 Å². The van der Waals surface area contributed by atoms with Crippen molar-refractivity contribution in [2.45, 2.75) is 58.0 Å². The molecule has 1 fully saturated rings. The van der Waals surface area contributed by atoms with E-state index in [9.17, 15) is 9.90 Å². The highest BCUT2D eigenvalue weighted by Crippen LogP contribution is 2.28. The topological polar surface area (TPSA) is 49.3 Å². The van der Waals surface area contributed by atoms with Crippen LogP contribution in [-0.2, 0) is 4.79 Å². The fraction of sp³-hybridized carbons (Fsp3) is 0.917. The Labute approximate surface area is 92.3 Å². The summed E-state index contributed by atoms with van der Waals surface area (Å²) < 4.78 is 0. The molecule has 0 atom stereocenters. The lowest BCUT2D eigenvalue weighted by molar-refractivity contribution is -0.122. The van der Waals surface area contributed by atoms with Crippen LogP contribution in [0.15, 0.2) is 0 Å². The van der Waals surface area contributed by atoms with Crippen molar-refractivity contribution < 1.29 is 9.90 Å². The normalized spacial score (nSPS) is 19.5. The molecular formula is C12H23NO2. The lowest BCUT2D eigenvalue weighted by Gasteiger charge is -2.22. The number of amides is 1. The number of aliphatic hydroxyl groups is 1. The largest absolute Gasteiger partial charge is 0.388 e. The van der Waals surface area contributed by atoms with Gasteiger partial charge in [0.15, 0.2) is 0 Å². The molecule has 3 nitrogen and oxygen atoms in total. The average Bonchev–Trinajstić information content (AvgIpc) is 2.60. The molecule has 0 radical (unpaired) electrons. The zero-order valence-corrected chi connectivity index (χ0v) is 9.88. The monoisotopic (exact) mass is 213 g/mol. The molecule has 1 saturated carbocycles. The van der Waals surface area contributed by atoms with Gasteiger partial charge in [-0.2, -0.15) is 0 Å². The van der Waals surface area contributed by atoms with Crippen LogP contribution < -0.4 is 5.32 Å². The molecule has 15 heavy (non-hydrogen) atoms. The molecule has 1 rings (SSSR count). The van der Waals surface area contributed by atoms with Crippen molar-refractivity contribution in [1.29, 1.82) is 0 Å². The SMILES string of the molecule is CC(C)CCC(=O)NCC1(O)CCCC1. The fourth-order valence-corrected chi connectivity index (χ4v) is 1.98. The molecule has 0 heterocycles. The first-order chi connectivity index (χ1) is 7.02. The molecule has 0 saturated heterocycles. The molecular weight excluding hydrogens is 190 g/mol. The predicted molar refractivity (Wildman–Crippen MR) is 60.5 cm³/mol. The highest BCUT2D eigenvalue weighted by atomic mass is 16.3. The van der Waals surface area contributed by atoms with Gasteiger partial charge < -0.3 is 10.4 Å². The van der Waals surface area contributed by atoms with E-state index in [1.54, 1.807) is 0 Å². The number of carbonyl (C=O) groups excluding carboxylic acids is 1. The Kier molecular flexibility index (Phi) is 4.58. The van der Waals surface area contributed by atoms with E-state index >= 15 is 0 Å². The molecule has 2 N–H and O–H groups in total. The molecule has 0 aromatic heterocycles. The first-order valence-corrected chi connectivity index (χ1v) is 6.01. The summed E-state index contributed by atoms with van der Waals surface area (Å²) in [6.07, 6.45) is 5.32. The molecule has 88 valence electrons. The Morgan fingerprint density at radius 1 is 1.40 bits per heavy atom. The molecule has 0 bridgehead atoms. The highest BCUT2D eigenvalue weighted by Gasteiger charge is 2.31. The van der Waals surface area contributed by atoms with Crippen molar-refractivity contribution in [3.05, 3.63) is 0 Å². The number of nitrogens with one attached hydrogen (secondary N) is 1. The van der Waals surface area contributed by atoms with Crippen LogP contribution in [0.4, 0.5) is 0 Å². The lowest BCUT2D eigenvalue weighted by atomic mass is 10.0. The van der Waals surface area contributed by atoms with E-state index < -0.39 is 5.60 Å². The summed E-state index contributed by atoms with van der Waals surface area (Å²) in [7, 11) is 0. The summed E-state index contributed by atoms with van der Waals surface area (Å²) in [6.45, 7) is 4.65. The van der Waals surface area contributed by atoms with Gasteiger partial charge >= 0.3 is 0 Å². The van der Waals surface area contributed by atoms with E-state index in [4.69, 9.17) is 0 Å². The Hall–Kier alpha value is -0.570. The molecule has 0 unspecified atom stereocenters. The second kappa shape index (κ2) is 5.50. The van der Waals surface area contributed by atoms with Crippen molar-refractivity contribution in [3.8, 4) is 0 Å². The Bertz CT molecular complexity index is 208. The van der Waals surface area contributed by atoms with Crippen LogP contribution in [0.2, 0.25) is 0 Å². The molecule has 0 aromatic carbocycles. The van der Waals surface area contributed by atoms with Crippen LogP contribution in [0, 0.1) is 5.92 Å². The summed E-state index contributed by atoms with van der Waals surface area (Å²) in [5, 5.41) is 12.8. The summed E-state index contributed by atoms with van der Waals surface area (Å²) >= 11 is 0. The highest BCUT2D eigenvalue weighted by molar-refractivity contribution is 5.75. The van der Waals surface area contributed by atoms with Crippen LogP contribution in [0.1, 0.15) is 52.4 Å². The Morgan fingerprint density at radius 3 is 2.53 bits per heavy atom. The first kappa shape index (κ1) is 12.5. The quantitative estimate of drug-likeness (QED) is 0.732. The van der Waals surface area contributed by atoms with Crippen molar-refractivity contribution in [1.82, 2.24) is 5.32 Å². The third kappa shape index (κ3) is 4.65. The second-order valence-corrected chi connectivity index (χ2v) is 5.14. The van der Waals surface area contributed by atoms with Gasteiger partial charge in [-0.05, 0) is 25.2 Å². The third-order valence-electron chi connectivity index (χ3n) is 3.10. The zero-order valence-electron chi connectivity index (χ0n) is 9.88. The maximum absolute atomic E-state index is 11.4. The van der Waals surface area contributed by atoms with Crippen LogP contribution >= 0.6 is 0 Å². The van der Waals surface area contributed by atoms with Gasteiger partial charge in [0.1, 0.15) is 0 Å². The van der Waals surface area contributed by atoms with E-state index in [2.05, 4.69) is 19.2 Å². The van der Waals surface area contributed by atoms with E-state index in [-0.39, 0.29) is 5.91 Å². The van der Waals surface area contributed by atoms with Crippen molar-refractivity contribution >= 4 is 5.91 Å². The predicted octanol–water partition coefficient (Wildman–Crippen LogP) is 1.84. The number of hydrogen-bond acceptors (Lipinski definition) is 2.